The highest BCUT2D eigenvalue weighted by Crippen LogP contribution is 2.23. The predicted octanol–water partition coefficient (Wildman–Crippen LogP) is 3.12. The van der Waals surface area contributed by atoms with Crippen molar-refractivity contribution in [2.24, 2.45) is 5.73 Å². The van der Waals surface area contributed by atoms with Crippen molar-refractivity contribution in [3.05, 3.63) is 28.0 Å². The summed E-state index contributed by atoms with van der Waals surface area (Å²) < 4.78 is 0. The molecule has 2 rings (SSSR count). The number of piperidine rings is 1. The molecule has 6 heteroatoms. The lowest BCUT2D eigenvalue weighted by Gasteiger charge is -2.30. The highest BCUT2D eigenvalue weighted by Gasteiger charge is 2.17. The molecule has 0 radical (unpaired) electrons. The predicted molar refractivity (Wildman–Crippen MR) is 85.7 cm³/mol. The minimum atomic E-state index is 0. The number of likely N-dealkylation sites (tertiary alicyclic amines) is 1. The number of hydrogen-bond acceptors (Lipinski definition) is 3. The van der Waals surface area contributed by atoms with Crippen molar-refractivity contribution in [2.75, 3.05) is 13.1 Å². The van der Waals surface area contributed by atoms with Crippen LogP contribution in [0.1, 0.15) is 29.7 Å². The van der Waals surface area contributed by atoms with Gasteiger partial charge in [0.05, 0.1) is 5.69 Å². The Morgan fingerprint density at radius 2 is 1.89 bits per heavy atom. The van der Waals surface area contributed by atoms with Gasteiger partial charge in [-0.15, -0.1) is 24.8 Å². The molecular weight excluding hydrogens is 305 g/mol. The molecule has 0 bridgehead atoms. The number of nitrogens with zero attached hydrogens (tertiary/aromatic N) is 2. The zero-order valence-electron chi connectivity index (χ0n) is 11.4. The number of nitrogens with two attached hydrogens (primary N) is 1. The Kier molecular flexibility index (Phi) is 8.25. The van der Waals surface area contributed by atoms with E-state index in [0.717, 1.165) is 54.3 Å². The summed E-state index contributed by atoms with van der Waals surface area (Å²) in [6.07, 6.45) is 4.03. The normalized spacial score (nSPS) is 16.6. The fraction of sp³-hybridized carbons (Fsp3) is 0.615. The summed E-state index contributed by atoms with van der Waals surface area (Å²) in [5, 5.41) is 0.851. The van der Waals surface area contributed by atoms with Crippen molar-refractivity contribution >= 4 is 36.4 Å². The van der Waals surface area contributed by atoms with Gasteiger partial charge in [-0.2, -0.15) is 0 Å². The van der Waals surface area contributed by atoms with Crippen LogP contribution in [0.15, 0.2) is 6.20 Å². The molecule has 0 amide bonds. The molecule has 0 saturated carbocycles. The topological polar surface area (TPSA) is 42.2 Å². The van der Waals surface area contributed by atoms with Crippen LogP contribution >= 0.6 is 36.4 Å². The second-order valence-corrected chi connectivity index (χ2v) is 5.32. The van der Waals surface area contributed by atoms with E-state index >= 15 is 0 Å². The quantitative estimate of drug-likeness (QED) is 0.908. The zero-order chi connectivity index (χ0) is 12.4. The number of hydrogen-bond donors (Lipinski definition) is 1. The van der Waals surface area contributed by atoms with Crippen LogP contribution in [0.4, 0.5) is 0 Å². The molecule has 110 valence electrons. The van der Waals surface area contributed by atoms with Gasteiger partial charge in [-0.3, -0.25) is 9.88 Å². The molecule has 1 saturated heterocycles. The molecule has 1 aromatic heterocycles. The Bertz CT molecular complexity index is 404. The lowest BCUT2D eigenvalue weighted by molar-refractivity contribution is 0.203. The average molecular weight is 327 g/mol. The molecule has 2 N–H and O–H groups in total. The Morgan fingerprint density at radius 3 is 2.47 bits per heavy atom. The van der Waals surface area contributed by atoms with Gasteiger partial charge in [-0.25, -0.2) is 0 Å². The van der Waals surface area contributed by atoms with Crippen LogP contribution in [0, 0.1) is 13.8 Å². The van der Waals surface area contributed by atoms with Crippen LogP contribution in [-0.4, -0.2) is 29.0 Å². The maximum absolute atomic E-state index is 6.25. The van der Waals surface area contributed by atoms with Gasteiger partial charge in [-0.1, -0.05) is 11.6 Å². The van der Waals surface area contributed by atoms with E-state index < -0.39 is 0 Å². The zero-order valence-corrected chi connectivity index (χ0v) is 13.7. The smallest absolute Gasteiger partial charge is 0.0588 e. The van der Waals surface area contributed by atoms with Gasteiger partial charge < -0.3 is 5.73 Å². The minimum absolute atomic E-state index is 0. The summed E-state index contributed by atoms with van der Waals surface area (Å²) in [4.78, 5) is 6.90. The number of aromatic nitrogens is 1. The third-order valence-electron chi connectivity index (χ3n) is 3.53. The Labute approximate surface area is 132 Å². The van der Waals surface area contributed by atoms with E-state index in [4.69, 9.17) is 17.3 Å². The second kappa shape index (κ2) is 8.28. The first kappa shape index (κ1) is 18.9. The van der Waals surface area contributed by atoms with E-state index in [2.05, 4.69) is 9.88 Å². The summed E-state index contributed by atoms with van der Waals surface area (Å²) in [6, 6.07) is 0.377. The average Bonchev–Trinajstić information content (AvgIpc) is 2.33. The van der Waals surface area contributed by atoms with Crippen LogP contribution in [-0.2, 0) is 6.54 Å². The Hall–Kier alpha value is -0.0600. The minimum Gasteiger partial charge on any atom is -0.328 e. The molecule has 1 aliphatic rings. The van der Waals surface area contributed by atoms with E-state index in [9.17, 15) is 0 Å². The summed E-state index contributed by atoms with van der Waals surface area (Å²) in [6.45, 7) is 7.06. The van der Waals surface area contributed by atoms with E-state index in [-0.39, 0.29) is 24.8 Å². The van der Waals surface area contributed by atoms with Gasteiger partial charge >= 0.3 is 0 Å². The first-order valence-corrected chi connectivity index (χ1v) is 6.54. The van der Waals surface area contributed by atoms with E-state index in [1.165, 1.54) is 0 Å². The fourth-order valence-electron chi connectivity index (χ4n) is 2.23. The van der Waals surface area contributed by atoms with Crippen LogP contribution in [0.25, 0.3) is 0 Å². The third kappa shape index (κ3) is 4.76. The van der Waals surface area contributed by atoms with E-state index in [0.29, 0.717) is 6.04 Å². The van der Waals surface area contributed by atoms with Gasteiger partial charge in [0, 0.05) is 36.9 Å². The first-order chi connectivity index (χ1) is 8.08. The molecule has 0 aliphatic carbocycles. The second-order valence-electron chi connectivity index (χ2n) is 4.94. The third-order valence-corrected chi connectivity index (χ3v) is 4.11. The largest absolute Gasteiger partial charge is 0.328 e. The van der Waals surface area contributed by atoms with Crippen LogP contribution < -0.4 is 5.73 Å². The number of rotatable bonds is 2. The summed E-state index contributed by atoms with van der Waals surface area (Å²) in [5.41, 5.74) is 9.16. The van der Waals surface area contributed by atoms with Crippen molar-refractivity contribution in [3.63, 3.8) is 0 Å². The Morgan fingerprint density at radius 1 is 1.32 bits per heavy atom. The monoisotopic (exact) mass is 325 g/mol. The highest BCUT2D eigenvalue weighted by atomic mass is 35.5. The molecule has 0 aromatic carbocycles. The lowest BCUT2D eigenvalue weighted by atomic mass is 10.1. The molecule has 0 atom stereocenters. The van der Waals surface area contributed by atoms with Gasteiger partial charge in [0.25, 0.3) is 0 Å². The van der Waals surface area contributed by atoms with Crippen molar-refractivity contribution in [3.8, 4) is 0 Å². The highest BCUT2D eigenvalue weighted by molar-refractivity contribution is 6.32. The maximum atomic E-state index is 6.25. The standard InChI is InChI=1S/C13H20ClN3.2ClH/c1-9-7-16-12(10(2)13(9)14)8-17-5-3-11(15)4-6-17;;/h7,11H,3-6,8,15H2,1-2H3;2*1H. The van der Waals surface area contributed by atoms with Gasteiger partial charge in [-0.05, 0) is 37.8 Å². The van der Waals surface area contributed by atoms with Gasteiger partial charge in [0.15, 0.2) is 0 Å². The van der Waals surface area contributed by atoms with Crippen LogP contribution in [0.5, 0.6) is 0 Å². The number of pyridine rings is 1. The van der Waals surface area contributed by atoms with Crippen LogP contribution in [0.3, 0.4) is 0 Å². The molecule has 1 aliphatic heterocycles. The molecular formula is C13H22Cl3N3. The van der Waals surface area contributed by atoms with Crippen molar-refractivity contribution in [1.82, 2.24) is 9.88 Å². The Balaban J connectivity index is 0.00000162. The summed E-state index contributed by atoms with van der Waals surface area (Å²) >= 11 is 6.25. The van der Waals surface area contributed by atoms with E-state index in [1.807, 2.05) is 20.0 Å². The van der Waals surface area contributed by atoms with Crippen molar-refractivity contribution in [1.29, 1.82) is 0 Å². The van der Waals surface area contributed by atoms with E-state index in [1.54, 1.807) is 0 Å². The lowest BCUT2D eigenvalue weighted by Crippen LogP contribution is -2.39. The number of halogens is 3. The molecule has 1 fully saturated rings. The van der Waals surface area contributed by atoms with Crippen LogP contribution in [0.2, 0.25) is 5.02 Å². The van der Waals surface area contributed by atoms with Gasteiger partial charge in [0.2, 0.25) is 0 Å². The maximum Gasteiger partial charge on any atom is 0.0588 e. The molecule has 0 spiro atoms. The number of aryl methyl sites for hydroxylation is 1. The van der Waals surface area contributed by atoms with Gasteiger partial charge in [0.1, 0.15) is 0 Å². The fourth-order valence-corrected chi connectivity index (χ4v) is 2.39. The summed E-state index contributed by atoms with van der Waals surface area (Å²) in [5.74, 6) is 0. The molecule has 19 heavy (non-hydrogen) atoms. The molecule has 0 unspecified atom stereocenters. The van der Waals surface area contributed by atoms with Crippen molar-refractivity contribution < 1.29 is 0 Å². The molecule has 3 nitrogen and oxygen atoms in total. The SMILES string of the molecule is Cc1cnc(CN2CCC(N)CC2)c(C)c1Cl.Cl.Cl. The molecule has 1 aromatic rings. The van der Waals surface area contributed by atoms with Crippen molar-refractivity contribution in [2.45, 2.75) is 39.3 Å². The summed E-state index contributed by atoms with van der Waals surface area (Å²) in [7, 11) is 0. The first-order valence-electron chi connectivity index (χ1n) is 6.16. The molecule has 2 heterocycles.